The molecule has 2 aromatic carbocycles. The van der Waals surface area contributed by atoms with Crippen molar-refractivity contribution in [3.05, 3.63) is 48.0 Å². The van der Waals surface area contributed by atoms with Crippen LogP contribution < -0.4 is 5.32 Å². The Morgan fingerprint density at radius 3 is 2.36 bits per heavy atom. The lowest BCUT2D eigenvalue weighted by molar-refractivity contribution is -0.148. The molecule has 1 aliphatic heterocycles. The summed E-state index contributed by atoms with van der Waals surface area (Å²) in [5, 5.41) is 15.1. The number of carbonyl (C=O) groups excluding carboxylic acids is 3. The largest absolute Gasteiger partial charge is 0.388 e. The maximum Gasteiger partial charge on any atom is 0.312 e. The van der Waals surface area contributed by atoms with E-state index in [-0.39, 0.29) is 12.5 Å². The van der Waals surface area contributed by atoms with Crippen LogP contribution in [-0.2, 0) is 14.4 Å². The molecule has 0 saturated carbocycles. The summed E-state index contributed by atoms with van der Waals surface area (Å²) in [7, 11) is 0. The minimum Gasteiger partial charge on any atom is -0.388 e. The second-order valence-corrected chi connectivity index (χ2v) is 6.93. The van der Waals surface area contributed by atoms with E-state index in [1.165, 1.54) is 11.8 Å². The van der Waals surface area contributed by atoms with Gasteiger partial charge in [-0.05, 0) is 22.8 Å². The van der Waals surface area contributed by atoms with E-state index in [2.05, 4.69) is 5.32 Å². The summed E-state index contributed by atoms with van der Waals surface area (Å²) in [6.45, 7) is 3.27. The molecule has 28 heavy (non-hydrogen) atoms. The van der Waals surface area contributed by atoms with Gasteiger partial charge in [0.1, 0.15) is 0 Å². The molecule has 1 unspecified atom stereocenters. The van der Waals surface area contributed by atoms with Crippen LogP contribution in [0.2, 0.25) is 0 Å². The summed E-state index contributed by atoms with van der Waals surface area (Å²) in [6, 6.07) is 13.6. The lowest BCUT2D eigenvalue weighted by atomic mass is 9.99. The number of amides is 3. The third kappa shape index (κ3) is 4.48. The maximum atomic E-state index is 12.2. The Hall–Kier alpha value is -2.93. The Balaban J connectivity index is 1.49. The zero-order chi connectivity index (χ0) is 20.1. The van der Waals surface area contributed by atoms with Gasteiger partial charge < -0.3 is 20.2 Å². The molecule has 1 heterocycles. The van der Waals surface area contributed by atoms with E-state index < -0.39 is 17.9 Å². The van der Waals surface area contributed by atoms with Crippen molar-refractivity contribution in [2.24, 2.45) is 0 Å². The van der Waals surface area contributed by atoms with Gasteiger partial charge in [-0.15, -0.1) is 0 Å². The number of hydrogen-bond acceptors (Lipinski definition) is 4. The molecule has 3 amide bonds. The molecule has 1 fully saturated rings. The Kier molecular flexibility index (Phi) is 6.26. The normalized spacial score (nSPS) is 15.4. The smallest absolute Gasteiger partial charge is 0.312 e. The van der Waals surface area contributed by atoms with Gasteiger partial charge in [0, 0.05) is 39.6 Å². The summed E-state index contributed by atoms with van der Waals surface area (Å²) >= 11 is 0. The highest BCUT2D eigenvalue weighted by atomic mass is 16.3. The first-order chi connectivity index (χ1) is 13.5. The van der Waals surface area contributed by atoms with Crippen molar-refractivity contribution < 1.29 is 19.5 Å². The average Bonchev–Trinajstić information content (AvgIpc) is 2.72. The van der Waals surface area contributed by atoms with E-state index in [0.717, 1.165) is 16.3 Å². The van der Waals surface area contributed by atoms with Crippen LogP contribution in [0.4, 0.5) is 0 Å². The summed E-state index contributed by atoms with van der Waals surface area (Å²) in [6.07, 6.45) is -0.425. The molecule has 7 nitrogen and oxygen atoms in total. The number of benzene rings is 2. The Bertz CT molecular complexity index is 870. The monoisotopic (exact) mass is 383 g/mol. The molecule has 0 aromatic heterocycles. The summed E-state index contributed by atoms with van der Waals surface area (Å²) in [4.78, 5) is 38.8. The van der Waals surface area contributed by atoms with Gasteiger partial charge in [-0.1, -0.05) is 42.5 Å². The molecule has 148 valence electrons. The van der Waals surface area contributed by atoms with Crippen molar-refractivity contribution >= 4 is 28.5 Å². The Labute approximate surface area is 163 Å². The molecule has 1 aliphatic rings. The number of piperazine rings is 1. The Morgan fingerprint density at radius 1 is 1.00 bits per heavy atom. The molecule has 1 saturated heterocycles. The van der Waals surface area contributed by atoms with Crippen molar-refractivity contribution in [3.63, 3.8) is 0 Å². The van der Waals surface area contributed by atoms with Crippen molar-refractivity contribution in [1.82, 2.24) is 15.1 Å². The third-order valence-electron chi connectivity index (χ3n) is 5.09. The molecule has 7 heteroatoms. The van der Waals surface area contributed by atoms with Crippen molar-refractivity contribution in [3.8, 4) is 0 Å². The Morgan fingerprint density at radius 2 is 1.64 bits per heavy atom. The first-order valence-corrected chi connectivity index (χ1v) is 9.45. The van der Waals surface area contributed by atoms with Gasteiger partial charge >= 0.3 is 11.8 Å². The van der Waals surface area contributed by atoms with E-state index in [0.29, 0.717) is 32.6 Å². The van der Waals surface area contributed by atoms with Gasteiger partial charge in [0.25, 0.3) is 0 Å². The topological polar surface area (TPSA) is 90.0 Å². The van der Waals surface area contributed by atoms with Crippen LogP contribution in [0.15, 0.2) is 42.5 Å². The number of fused-ring (bicyclic) bond motifs is 1. The first kappa shape index (κ1) is 19.8. The first-order valence-electron chi connectivity index (χ1n) is 9.45. The lowest BCUT2D eigenvalue weighted by Crippen LogP contribution is -2.53. The highest BCUT2D eigenvalue weighted by Gasteiger charge is 2.26. The van der Waals surface area contributed by atoms with E-state index in [1.807, 2.05) is 42.5 Å². The molecular formula is C21H25N3O4. The third-order valence-corrected chi connectivity index (χ3v) is 5.09. The van der Waals surface area contributed by atoms with Crippen LogP contribution in [0.5, 0.6) is 0 Å². The number of nitrogens with one attached hydrogen (secondary N) is 1. The van der Waals surface area contributed by atoms with Gasteiger partial charge in [-0.2, -0.15) is 0 Å². The quantitative estimate of drug-likeness (QED) is 0.773. The number of aliphatic hydroxyl groups is 1. The molecule has 2 N–H and O–H groups in total. The van der Waals surface area contributed by atoms with E-state index in [4.69, 9.17) is 0 Å². The zero-order valence-electron chi connectivity index (χ0n) is 15.9. The fourth-order valence-electron chi connectivity index (χ4n) is 3.46. The standard InChI is InChI=1S/C21H25N3O4/c1-15(25)23-11-13-24(14-12-23)21(28)20(27)22-10-9-19(26)18-8-4-6-16-5-2-3-7-17(16)18/h2-8,19,26H,9-14H2,1H3,(H,22,27). The number of rotatable bonds is 4. The highest BCUT2D eigenvalue weighted by molar-refractivity contribution is 6.35. The zero-order valence-corrected chi connectivity index (χ0v) is 15.9. The SMILES string of the molecule is CC(=O)N1CCN(C(=O)C(=O)NCCC(O)c2cccc3ccccc23)CC1. The molecular weight excluding hydrogens is 358 g/mol. The number of aliphatic hydroxyl groups excluding tert-OH is 1. The van der Waals surface area contributed by atoms with Gasteiger partial charge in [0.2, 0.25) is 5.91 Å². The number of carbonyl (C=O) groups is 3. The van der Waals surface area contributed by atoms with Gasteiger partial charge in [-0.25, -0.2) is 0 Å². The second-order valence-electron chi connectivity index (χ2n) is 6.93. The van der Waals surface area contributed by atoms with Crippen molar-refractivity contribution in [2.75, 3.05) is 32.7 Å². The summed E-state index contributed by atoms with van der Waals surface area (Å²) < 4.78 is 0. The summed E-state index contributed by atoms with van der Waals surface area (Å²) in [5.41, 5.74) is 0.805. The van der Waals surface area contributed by atoms with Gasteiger partial charge in [0.05, 0.1) is 6.10 Å². The summed E-state index contributed by atoms with van der Waals surface area (Å²) in [5.74, 6) is -1.30. The number of nitrogens with zero attached hydrogens (tertiary/aromatic N) is 2. The van der Waals surface area contributed by atoms with Crippen molar-refractivity contribution in [1.29, 1.82) is 0 Å². The van der Waals surface area contributed by atoms with E-state index in [1.54, 1.807) is 4.90 Å². The van der Waals surface area contributed by atoms with Crippen LogP contribution in [0, 0.1) is 0 Å². The number of hydrogen-bond donors (Lipinski definition) is 2. The second kappa shape index (κ2) is 8.84. The van der Waals surface area contributed by atoms with E-state index >= 15 is 0 Å². The molecule has 1 atom stereocenters. The predicted octanol–water partition coefficient (Wildman–Crippen LogP) is 1.07. The van der Waals surface area contributed by atoms with Crippen LogP contribution in [0.1, 0.15) is 25.0 Å². The lowest BCUT2D eigenvalue weighted by Gasteiger charge is -2.33. The van der Waals surface area contributed by atoms with Gasteiger partial charge in [-0.3, -0.25) is 14.4 Å². The highest BCUT2D eigenvalue weighted by Crippen LogP contribution is 2.25. The van der Waals surface area contributed by atoms with Crippen LogP contribution in [-0.4, -0.2) is 65.4 Å². The van der Waals surface area contributed by atoms with Crippen LogP contribution >= 0.6 is 0 Å². The fraction of sp³-hybridized carbons (Fsp3) is 0.381. The predicted molar refractivity (Wildman–Crippen MR) is 105 cm³/mol. The minimum atomic E-state index is -0.736. The van der Waals surface area contributed by atoms with Crippen molar-refractivity contribution in [2.45, 2.75) is 19.4 Å². The molecule has 0 radical (unpaired) electrons. The van der Waals surface area contributed by atoms with Crippen LogP contribution in [0.3, 0.4) is 0 Å². The van der Waals surface area contributed by atoms with Crippen LogP contribution in [0.25, 0.3) is 10.8 Å². The molecule has 3 rings (SSSR count). The molecule has 2 aromatic rings. The maximum absolute atomic E-state index is 12.2. The molecule has 0 bridgehead atoms. The minimum absolute atomic E-state index is 0.0287. The van der Waals surface area contributed by atoms with E-state index in [9.17, 15) is 19.5 Å². The van der Waals surface area contributed by atoms with Gasteiger partial charge in [0.15, 0.2) is 0 Å². The fourth-order valence-corrected chi connectivity index (χ4v) is 3.46. The molecule has 0 spiro atoms. The average molecular weight is 383 g/mol. The molecule has 0 aliphatic carbocycles.